The molecule has 0 amide bonds. The SMILES string of the molecule is O=C1O[C@H](O)C=C1[C@H]1O[C@@H](CO)[C@H](O)[C@@H]1O. The van der Waals surface area contributed by atoms with E-state index in [9.17, 15) is 15.0 Å². The maximum Gasteiger partial charge on any atom is 0.339 e. The Morgan fingerprint density at radius 3 is 2.38 bits per heavy atom. The second-order valence-electron chi connectivity index (χ2n) is 3.68. The molecule has 7 heteroatoms. The summed E-state index contributed by atoms with van der Waals surface area (Å²) in [6.45, 7) is -0.473. The normalized spacial score (nSPS) is 43.4. The van der Waals surface area contributed by atoms with E-state index >= 15 is 0 Å². The zero-order valence-corrected chi connectivity index (χ0v) is 8.18. The monoisotopic (exact) mass is 232 g/mol. The third kappa shape index (κ3) is 1.72. The molecule has 2 aliphatic heterocycles. The fourth-order valence-corrected chi connectivity index (χ4v) is 1.80. The number of rotatable bonds is 2. The van der Waals surface area contributed by atoms with Crippen molar-refractivity contribution in [3.05, 3.63) is 11.6 Å². The van der Waals surface area contributed by atoms with Gasteiger partial charge in [-0.15, -0.1) is 0 Å². The summed E-state index contributed by atoms with van der Waals surface area (Å²) in [5, 5.41) is 37.0. The summed E-state index contributed by atoms with van der Waals surface area (Å²) < 4.78 is 9.53. The van der Waals surface area contributed by atoms with Crippen molar-refractivity contribution in [2.24, 2.45) is 0 Å². The first-order valence-electron chi connectivity index (χ1n) is 4.78. The fourth-order valence-electron chi connectivity index (χ4n) is 1.80. The molecule has 2 rings (SSSR count). The maximum absolute atomic E-state index is 11.2. The number of hydrogen-bond donors (Lipinski definition) is 4. The Labute approximate surface area is 90.5 Å². The van der Waals surface area contributed by atoms with Crippen molar-refractivity contribution in [1.82, 2.24) is 0 Å². The molecule has 7 nitrogen and oxygen atoms in total. The van der Waals surface area contributed by atoms with Gasteiger partial charge in [-0.1, -0.05) is 0 Å². The van der Waals surface area contributed by atoms with Gasteiger partial charge in [-0.05, 0) is 6.08 Å². The molecule has 4 N–H and O–H groups in total. The van der Waals surface area contributed by atoms with Gasteiger partial charge in [-0.2, -0.15) is 0 Å². The molecule has 0 aromatic carbocycles. The largest absolute Gasteiger partial charge is 0.429 e. The number of carbonyl (C=O) groups excluding carboxylic acids is 1. The molecule has 90 valence electrons. The van der Waals surface area contributed by atoms with Crippen molar-refractivity contribution in [3.8, 4) is 0 Å². The lowest BCUT2D eigenvalue weighted by Crippen LogP contribution is -2.35. The standard InChI is InChI=1S/C9H12O7/c10-2-4-6(12)7(13)8(15-4)3-1-5(11)16-9(3)14/h1,4-8,10-13H,2H2/t4-,5-,6-,7-,8+/m0/s1. The zero-order chi connectivity index (χ0) is 11.9. The summed E-state index contributed by atoms with van der Waals surface area (Å²) in [5.74, 6) is -0.803. The van der Waals surface area contributed by atoms with Gasteiger partial charge in [0.25, 0.3) is 0 Å². The van der Waals surface area contributed by atoms with E-state index < -0.39 is 43.3 Å². The van der Waals surface area contributed by atoms with Gasteiger partial charge in [0.1, 0.15) is 24.4 Å². The number of aliphatic hydroxyl groups is 4. The maximum atomic E-state index is 11.2. The number of cyclic esters (lactones) is 1. The first-order valence-corrected chi connectivity index (χ1v) is 4.78. The molecule has 2 heterocycles. The van der Waals surface area contributed by atoms with E-state index in [1.807, 2.05) is 0 Å². The van der Waals surface area contributed by atoms with Crippen molar-refractivity contribution in [2.45, 2.75) is 30.7 Å². The van der Waals surface area contributed by atoms with Gasteiger partial charge in [0.05, 0.1) is 12.2 Å². The van der Waals surface area contributed by atoms with Crippen molar-refractivity contribution in [3.63, 3.8) is 0 Å². The van der Waals surface area contributed by atoms with E-state index in [0.29, 0.717) is 0 Å². The van der Waals surface area contributed by atoms with E-state index in [2.05, 4.69) is 4.74 Å². The minimum absolute atomic E-state index is 0.0463. The van der Waals surface area contributed by atoms with E-state index in [-0.39, 0.29) is 5.57 Å². The summed E-state index contributed by atoms with van der Waals surface area (Å²) in [7, 11) is 0. The molecule has 0 aliphatic carbocycles. The van der Waals surface area contributed by atoms with Crippen molar-refractivity contribution in [1.29, 1.82) is 0 Å². The van der Waals surface area contributed by atoms with Crippen LogP contribution in [0.25, 0.3) is 0 Å². The molecule has 0 bridgehead atoms. The zero-order valence-electron chi connectivity index (χ0n) is 8.18. The van der Waals surface area contributed by atoms with Crippen LogP contribution in [-0.4, -0.2) is 63.7 Å². The summed E-state index contributed by atoms with van der Waals surface area (Å²) in [6.07, 6.45) is -4.91. The lowest BCUT2D eigenvalue weighted by molar-refractivity contribution is -0.152. The highest BCUT2D eigenvalue weighted by Gasteiger charge is 2.47. The van der Waals surface area contributed by atoms with Crippen LogP contribution >= 0.6 is 0 Å². The lowest BCUT2D eigenvalue weighted by Gasteiger charge is -2.13. The van der Waals surface area contributed by atoms with E-state index in [4.69, 9.17) is 14.9 Å². The lowest BCUT2D eigenvalue weighted by atomic mass is 10.0. The highest BCUT2D eigenvalue weighted by molar-refractivity contribution is 5.92. The Balaban J connectivity index is 2.17. The van der Waals surface area contributed by atoms with E-state index in [1.54, 1.807) is 0 Å². The number of esters is 1. The molecular formula is C9H12O7. The average Bonchev–Trinajstić information content (AvgIpc) is 2.70. The number of hydrogen-bond acceptors (Lipinski definition) is 7. The van der Waals surface area contributed by atoms with E-state index in [0.717, 1.165) is 6.08 Å². The third-order valence-corrected chi connectivity index (χ3v) is 2.63. The summed E-state index contributed by atoms with van der Waals surface area (Å²) >= 11 is 0. The Morgan fingerprint density at radius 2 is 1.94 bits per heavy atom. The van der Waals surface area contributed by atoms with Gasteiger partial charge in [0, 0.05) is 0 Å². The van der Waals surface area contributed by atoms with Crippen LogP contribution in [0.3, 0.4) is 0 Å². The highest BCUT2D eigenvalue weighted by atomic mass is 16.6. The Morgan fingerprint density at radius 1 is 1.25 bits per heavy atom. The fraction of sp³-hybridized carbons (Fsp3) is 0.667. The Kier molecular flexibility index (Phi) is 2.96. The van der Waals surface area contributed by atoms with Crippen LogP contribution in [0.5, 0.6) is 0 Å². The molecule has 0 aromatic heterocycles. The Bertz CT molecular complexity index is 326. The molecule has 0 saturated carbocycles. The molecule has 0 unspecified atom stereocenters. The minimum Gasteiger partial charge on any atom is -0.429 e. The molecule has 0 aromatic rings. The van der Waals surface area contributed by atoms with Crippen LogP contribution in [0.1, 0.15) is 0 Å². The van der Waals surface area contributed by atoms with Gasteiger partial charge < -0.3 is 29.9 Å². The smallest absolute Gasteiger partial charge is 0.339 e. The molecule has 2 aliphatic rings. The summed E-state index contributed by atoms with van der Waals surface area (Å²) in [6, 6.07) is 0. The molecule has 0 spiro atoms. The van der Waals surface area contributed by atoms with Crippen LogP contribution in [0, 0.1) is 0 Å². The van der Waals surface area contributed by atoms with Crippen LogP contribution < -0.4 is 0 Å². The van der Waals surface area contributed by atoms with Crippen LogP contribution in [0.15, 0.2) is 11.6 Å². The molecule has 0 radical (unpaired) electrons. The second-order valence-corrected chi connectivity index (χ2v) is 3.68. The Hall–Kier alpha value is -0.990. The van der Waals surface area contributed by atoms with Gasteiger partial charge >= 0.3 is 5.97 Å². The summed E-state index contributed by atoms with van der Waals surface area (Å²) in [4.78, 5) is 11.2. The number of aliphatic hydroxyl groups excluding tert-OH is 4. The molecule has 5 atom stereocenters. The van der Waals surface area contributed by atoms with Crippen LogP contribution in [0.2, 0.25) is 0 Å². The quantitative estimate of drug-likeness (QED) is 0.382. The van der Waals surface area contributed by atoms with Gasteiger partial charge in [-0.25, -0.2) is 4.79 Å². The van der Waals surface area contributed by atoms with Crippen molar-refractivity contribution in [2.75, 3.05) is 6.61 Å². The van der Waals surface area contributed by atoms with Crippen molar-refractivity contribution < 1.29 is 34.7 Å². The predicted octanol–water partition coefficient (Wildman–Crippen LogP) is -2.73. The number of carbonyl (C=O) groups is 1. The van der Waals surface area contributed by atoms with Gasteiger partial charge in [-0.3, -0.25) is 0 Å². The minimum atomic E-state index is -1.36. The predicted molar refractivity (Wildman–Crippen MR) is 47.9 cm³/mol. The second kappa shape index (κ2) is 4.11. The average molecular weight is 232 g/mol. The topological polar surface area (TPSA) is 116 Å². The van der Waals surface area contributed by atoms with Crippen LogP contribution in [-0.2, 0) is 14.3 Å². The van der Waals surface area contributed by atoms with Gasteiger partial charge in [0.2, 0.25) is 6.29 Å². The highest BCUT2D eigenvalue weighted by Crippen LogP contribution is 2.29. The summed E-state index contributed by atoms with van der Waals surface area (Å²) in [5.41, 5.74) is -0.0463. The molecular weight excluding hydrogens is 220 g/mol. The first-order chi connectivity index (χ1) is 7.54. The first kappa shape index (κ1) is 11.5. The van der Waals surface area contributed by atoms with Gasteiger partial charge in [0.15, 0.2) is 0 Å². The van der Waals surface area contributed by atoms with Crippen molar-refractivity contribution >= 4 is 5.97 Å². The van der Waals surface area contributed by atoms with Crippen LogP contribution in [0.4, 0.5) is 0 Å². The molecule has 1 saturated heterocycles. The molecule has 1 fully saturated rings. The van der Waals surface area contributed by atoms with E-state index in [1.165, 1.54) is 0 Å². The third-order valence-electron chi connectivity index (χ3n) is 2.63. The number of ether oxygens (including phenoxy) is 2. The molecule has 16 heavy (non-hydrogen) atoms.